The first-order valence-electron chi connectivity index (χ1n) is 9.44. The van der Waals surface area contributed by atoms with Gasteiger partial charge in [-0.1, -0.05) is 6.92 Å². The molecular formula is C21H26N2O2S. The molecule has 5 heteroatoms. The van der Waals surface area contributed by atoms with Gasteiger partial charge in [-0.3, -0.25) is 4.79 Å². The van der Waals surface area contributed by atoms with Crippen LogP contribution in [0.3, 0.4) is 0 Å². The molecule has 1 aliphatic heterocycles. The van der Waals surface area contributed by atoms with Gasteiger partial charge in [-0.25, -0.2) is 0 Å². The van der Waals surface area contributed by atoms with Gasteiger partial charge in [-0.2, -0.15) is 0 Å². The molecule has 1 fully saturated rings. The monoisotopic (exact) mass is 370 g/mol. The summed E-state index contributed by atoms with van der Waals surface area (Å²) in [5.74, 6) is 1.83. The van der Waals surface area contributed by atoms with Crippen LogP contribution in [-0.4, -0.2) is 44.1 Å². The predicted octanol–water partition coefficient (Wildman–Crippen LogP) is 3.84. The highest BCUT2D eigenvalue weighted by Gasteiger charge is 2.26. The van der Waals surface area contributed by atoms with Gasteiger partial charge < -0.3 is 14.5 Å². The minimum absolute atomic E-state index is 0.214. The molecule has 0 spiro atoms. The van der Waals surface area contributed by atoms with Crippen LogP contribution in [0, 0.1) is 5.92 Å². The summed E-state index contributed by atoms with van der Waals surface area (Å²) in [5, 5.41) is 0. The normalized spacial score (nSPS) is 20.0. The summed E-state index contributed by atoms with van der Waals surface area (Å²) in [6.07, 6.45) is 3.52. The summed E-state index contributed by atoms with van der Waals surface area (Å²) in [4.78, 5) is 19.6. The Bertz CT molecular complexity index is 776. The molecule has 1 amide bonds. The number of rotatable bonds is 3. The minimum Gasteiger partial charge on any atom is -0.497 e. The lowest BCUT2D eigenvalue weighted by atomic mass is 9.90. The lowest BCUT2D eigenvalue weighted by Crippen LogP contribution is -2.48. The highest BCUT2D eigenvalue weighted by molar-refractivity contribution is 7.14. The molecule has 0 unspecified atom stereocenters. The topological polar surface area (TPSA) is 32.8 Å². The van der Waals surface area contributed by atoms with Crippen molar-refractivity contribution in [1.82, 2.24) is 4.90 Å². The number of carbonyl (C=O) groups excluding carboxylic acids is 1. The summed E-state index contributed by atoms with van der Waals surface area (Å²) in [7, 11) is 1.68. The molecule has 26 heavy (non-hydrogen) atoms. The van der Waals surface area contributed by atoms with Crippen molar-refractivity contribution in [1.29, 1.82) is 0 Å². The Labute approximate surface area is 159 Å². The number of thiophene rings is 1. The van der Waals surface area contributed by atoms with Crippen molar-refractivity contribution in [3.63, 3.8) is 0 Å². The molecule has 2 aliphatic rings. The van der Waals surface area contributed by atoms with E-state index in [9.17, 15) is 4.79 Å². The van der Waals surface area contributed by atoms with Crippen LogP contribution in [-0.2, 0) is 12.8 Å². The van der Waals surface area contributed by atoms with E-state index in [1.165, 1.54) is 22.5 Å². The fraction of sp³-hybridized carbons (Fsp3) is 0.476. The summed E-state index contributed by atoms with van der Waals surface area (Å²) in [6, 6.07) is 10.3. The lowest BCUT2D eigenvalue weighted by molar-refractivity contribution is 0.0751. The number of benzene rings is 1. The van der Waals surface area contributed by atoms with Crippen molar-refractivity contribution in [3.05, 3.63) is 45.6 Å². The molecule has 2 aromatic rings. The standard InChI is InChI=1S/C21H26N2O2S/c1-15-3-8-19-16(13-15)14-20(26-19)21(24)23-11-9-22(10-12-23)17-4-6-18(25-2)7-5-17/h4-7,14-15H,3,8-13H2,1-2H3/t15-/m0/s1. The molecule has 0 bridgehead atoms. The highest BCUT2D eigenvalue weighted by atomic mass is 32.1. The average Bonchev–Trinajstić information content (AvgIpc) is 3.11. The summed E-state index contributed by atoms with van der Waals surface area (Å²) in [5.41, 5.74) is 2.60. The molecule has 0 N–H and O–H groups in total. The smallest absolute Gasteiger partial charge is 0.264 e. The molecule has 1 atom stereocenters. The zero-order valence-corrected chi connectivity index (χ0v) is 16.3. The number of anilines is 1. The Morgan fingerprint density at radius 2 is 1.88 bits per heavy atom. The zero-order chi connectivity index (χ0) is 18.1. The van der Waals surface area contributed by atoms with Crippen LogP contribution < -0.4 is 9.64 Å². The molecular weight excluding hydrogens is 344 g/mol. The van der Waals surface area contributed by atoms with Gasteiger partial charge in [-0.05, 0) is 61.1 Å². The number of piperazine rings is 1. The first kappa shape index (κ1) is 17.4. The van der Waals surface area contributed by atoms with Gasteiger partial charge in [0.1, 0.15) is 5.75 Å². The van der Waals surface area contributed by atoms with E-state index in [-0.39, 0.29) is 5.91 Å². The third kappa shape index (κ3) is 3.45. The Hall–Kier alpha value is -2.01. The Balaban J connectivity index is 1.39. The summed E-state index contributed by atoms with van der Waals surface area (Å²) < 4.78 is 5.22. The number of ether oxygens (including phenoxy) is 1. The molecule has 2 heterocycles. The maximum Gasteiger partial charge on any atom is 0.264 e. The number of carbonyl (C=O) groups is 1. The molecule has 1 aliphatic carbocycles. The van der Waals surface area contributed by atoms with Crippen molar-refractivity contribution < 1.29 is 9.53 Å². The molecule has 138 valence electrons. The quantitative estimate of drug-likeness (QED) is 0.823. The van der Waals surface area contributed by atoms with Crippen LogP contribution >= 0.6 is 11.3 Å². The van der Waals surface area contributed by atoms with Gasteiger partial charge in [0.15, 0.2) is 0 Å². The van der Waals surface area contributed by atoms with Crippen molar-refractivity contribution in [2.45, 2.75) is 26.2 Å². The fourth-order valence-electron chi connectivity index (χ4n) is 3.93. The first-order chi connectivity index (χ1) is 12.6. The predicted molar refractivity (Wildman–Crippen MR) is 107 cm³/mol. The zero-order valence-electron chi connectivity index (χ0n) is 15.5. The van der Waals surface area contributed by atoms with Crippen LogP contribution in [0.15, 0.2) is 30.3 Å². The van der Waals surface area contributed by atoms with E-state index in [1.807, 2.05) is 17.0 Å². The Morgan fingerprint density at radius 3 is 2.58 bits per heavy atom. The van der Waals surface area contributed by atoms with E-state index in [0.29, 0.717) is 0 Å². The molecule has 4 nitrogen and oxygen atoms in total. The second kappa shape index (κ2) is 7.31. The Kier molecular flexibility index (Phi) is 4.90. The maximum atomic E-state index is 12.9. The fourth-order valence-corrected chi connectivity index (χ4v) is 5.10. The number of fused-ring (bicyclic) bond motifs is 1. The van der Waals surface area contributed by atoms with Crippen LogP contribution in [0.25, 0.3) is 0 Å². The minimum atomic E-state index is 0.214. The number of hydrogen-bond donors (Lipinski definition) is 0. The number of aryl methyl sites for hydroxylation is 1. The van der Waals surface area contributed by atoms with Crippen molar-refractivity contribution in [2.24, 2.45) is 5.92 Å². The van der Waals surface area contributed by atoms with Gasteiger partial charge in [0, 0.05) is 36.7 Å². The summed E-state index contributed by atoms with van der Waals surface area (Å²) >= 11 is 1.72. The largest absolute Gasteiger partial charge is 0.497 e. The van der Waals surface area contributed by atoms with E-state index >= 15 is 0 Å². The molecule has 4 rings (SSSR count). The van der Waals surface area contributed by atoms with Gasteiger partial charge in [0.25, 0.3) is 5.91 Å². The number of amides is 1. The van der Waals surface area contributed by atoms with E-state index in [0.717, 1.165) is 55.6 Å². The number of nitrogens with zero attached hydrogens (tertiary/aromatic N) is 2. The third-order valence-electron chi connectivity index (χ3n) is 5.54. The van der Waals surface area contributed by atoms with Crippen molar-refractivity contribution >= 4 is 22.9 Å². The second-order valence-electron chi connectivity index (χ2n) is 7.38. The first-order valence-corrected chi connectivity index (χ1v) is 10.3. The van der Waals surface area contributed by atoms with Crippen LogP contribution in [0.2, 0.25) is 0 Å². The van der Waals surface area contributed by atoms with Gasteiger partial charge in [-0.15, -0.1) is 11.3 Å². The molecule has 0 saturated carbocycles. The molecule has 1 aromatic heterocycles. The van der Waals surface area contributed by atoms with Gasteiger partial charge in [0.05, 0.1) is 12.0 Å². The van der Waals surface area contributed by atoms with E-state index in [4.69, 9.17) is 4.74 Å². The third-order valence-corrected chi connectivity index (χ3v) is 6.77. The van der Waals surface area contributed by atoms with Crippen LogP contribution in [0.5, 0.6) is 5.75 Å². The molecule has 0 radical (unpaired) electrons. The van der Waals surface area contributed by atoms with Crippen LogP contribution in [0.1, 0.15) is 33.5 Å². The van der Waals surface area contributed by atoms with Gasteiger partial charge in [0.2, 0.25) is 0 Å². The number of hydrogen-bond acceptors (Lipinski definition) is 4. The number of methoxy groups -OCH3 is 1. The van der Waals surface area contributed by atoms with Gasteiger partial charge >= 0.3 is 0 Å². The molecule has 1 aromatic carbocycles. The maximum absolute atomic E-state index is 12.9. The highest BCUT2D eigenvalue weighted by Crippen LogP contribution is 2.33. The molecule has 1 saturated heterocycles. The second-order valence-corrected chi connectivity index (χ2v) is 8.52. The van der Waals surface area contributed by atoms with Crippen molar-refractivity contribution in [3.8, 4) is 5.75 Å². The average molecular weight is 371 g/mol. The van der Waals surface area contributed by atoms with E-state index in [1.54, 1.807) is 18.4 Å². The summed E-state index contributed by atoms with van der Waals surface area (Å²) in [6.45, 7) is 5.62. The van der Waals surface area contributed by atoms with Crippen LogP contribution in [0.4, 0.5) is 5.69 Å². The van der Waals surface area contributed by atoms with E-state index in [2.05, 4.69) is 30.0 Å². The van der Waals surface area contributed by atoms with E-state index < -0.39 is 0 Å². The lowest BCUT2D eigenvalue weighted by Gasteiger charge is -2.36. The Morgan fingerprint density at radius 1 is 1.15 bits per heavy atom. The van der Waals surface area contributed by atoms with Crippen molar-refractivity contribution in [2.75, 3.05) is 38.2 Å². The SMILES string of the molecule is COc1ccc(N2CCN(C(=O)c3cc4c(s3)CC[C@H](C)C4)CC2)cc1.